The SMILES string of the molecule is CCc1cc(C)cc(CC)c1Nc1ccc(Nc2c(CC)cc(I)cc2CC)c2c1C(=O)c1ccccc1C2=O. The summed E-state index contributed by atoms with van der Waals surface area (Å²) in [4.78, 5) is 28.2. The molecular weight excluding hydrogens is 607 g/mol. The Labute approximate surface area is 250 Å². The topological polar surface area (TPSA) is 58.2 Å². The fourth-order valence-corrected chi connectivity index (χ4v) is 6.56. The van der Waals surface area contributed by atoms with Crippen molar-refractivity contribution in [3.63, 3.8) is 0 Å². The Bertz CT molecular complexity index is 1480. The van der Waals surface area contributed by atoms with Gasteiger partial charge in [0.1, 0.15) is 0 Å². The van der Waals surface area contributed by atoms with E-state index in [0.29, 0.717) is 33.6 Å². The fourth-order valence-electron chi connectivity index (χ4n) is 5.80. The van der Waals surface area contributed by atoms with Crippen LogP contribution >= 0.6 is 22.6 Å². The third-order valence-corrected chi connectivity index (χ3v) is 8.45. The lowest BCUT2D eigenvalue weighted by Crippen LogP contribution is -2.24. The van der Waals surface area contributed by atoms with E-state index in [9.17, 15) is 9.59 Å². The van der Waals surface area contributed by atoms with Gasteiger partial charge in [-0.2, -0.15) is 0 Å². The normalized spacial score (nSPS) is 12.2. The Hall–Kier alpha value is -3.45. The molecule has 0 fully saturated rings. The van der Waals surface area contributed by atoms with Gasteiger partial charge in [0.05, 0.1) is 22.5 Å². The van der Waals surface area contributed by atoms with Crippen LogP contribution in [0.4, 0.5) is 22.7 Å². The van der Waals surface area contributed by atoms with Crippen molar-refractivity contribution >= 4 is 56.9 Å². The third kappa shape index (κ3) is 4.96. The van der Waals surface area contributed by atoms with E-state index in [4.69, 9.17) is 0 Å². The third-order valence-electron chi connectivity index (χ3n) is 7.83. The highest BCUT2D eigenvalue weighted by molar-refractivity contribution is 14.1. The highest BCUT2D eigenvalue weighted by Gasteiger charge is 2.34. The van der Waals surface area contributed by atoms with Crippen LogP contribution in [0.3, 0.4) is 0 Å². The lowest BCUT2D eigenvalue weighted by atomic mass is 9.82. The van der Waals surface area contributed by atoms with Gasteiger partial charge in [-0.25, -0.2) is 0 Å². The summed E-state index contributed by atoms with van der Waals surface area (Å²) in [6.07, 6.45) is 3.44. The summed E-state index contributed by atoms with van der Waals surface area (Å²) in [5.74, 6) is -0.262. The minimum absolute atomic E-state index is 0.131. The van der Waals surface area contributed by atoms with Gasteiger partial charge in [0.15, 0.2) is 11.6 Å². The maximum absolute atomic E-state index is 14.1. The van der Waals surface area contributed by atoms with Crippen LogP contribution in [0.1, 0.15) is 87.4 Å². The van der Waals surface area contributed by atoms with Crippen LogP contribution in [0.5, 0.6) is 0 Å². The molecule has 0 unspecified atom stereocenters. The number of anilines is 4. The van der Waals surface area contributed by atoms with E-state index in [2.05, 4.69) is 92.1 Å². The van der Waals surface area contributed by atoms with Crippen LogP contribution in [0.2, 0.25) is 0 Å². The molecule has 0 radical (unpaired) electrons. The van der Waals surface area contributed by atoms with Crippen LogP contribution in [0.15, 0.2) is 60.7 Å². The zero-order valence-electron chi connectivity index (χ0n) is 23.8. The van der Waals surface area contributed by atoms with E-state index >= 15 is 0 Å². The monoisotopic (exact) mass is 642 g/mol. The number of fused-ring (bicyclic) bond motifs is 2. The maximum atomic E-state index is 14.1. The number of aryl methyl sites for hydroxylation is 5. The molecule has 0 atom stereocenters. The zero-order valence-corrected chi connectivity index (χ0v) is 26.0. The number of hydrogen-bond acceptors (Lipinski definition) is 4. The van der Waals surface area contributed by atoms with Crippen LogP contribution < -0.4 is 10.6 Å². The van der Waals surface area contributed by atoms with Crippen molar-refractivity contribution in [3.8, 4) is 0 Å². The second-order valence-corrected chi connectivity index (χ2v) is 11.6. The van der Waals surface area contributed by atoms with Crippen molar-refractivity contribution in [3.05, 3.63) is 114 Å². The van der Waals surface area contributed by atoms with Crippen molar-refractivity contribution in [2.45, 2.75) is 60.3 Å². The first-order valence-electron chi connectivity index (χ1n) is 14.1. The molecule has 0 spiro atoms. The fraction of sp³-hybridized carbons (Fsp3) is 0.257. The summed E-state index contributed by atoms with van der Waals surface area (Å²) in [5.41, 5.74) is 11.1. The number of carbonyl (C=O) groups excluding carboxylic acids is 2. The molecule has 40 heavy (non-hydrogen) atoms. The average molecular weight is 643 g/mol. The van der Waals surface area contributed by atoms with Crippen molar-refractivity contribution in [2.24, 2.45) is 0 Å². The Balaban J connectivity index is 1.73. The average Bonchev–Trinajstić information content (AvgIpc) is 2.97. The number of ketones is 2. The Morgan fingerprint density at radius 3 is 1.35 bits per heavy atom. The molecule has 1 aliphatic carbocycles. The molecule has 0 heterocycles. The molecule has 5 rings (SSSR count). The van der Waals surface area contributed by atoms with Crippen molar-refractivity contribution in [1.29, 1.82) is 0 Å². The molecule has 0 aliphatic heterocycles. The number of carbonyl (C=O) groups is 2. The Morgan fingerprint density at radius 2 is 0.975 bits per heavy atom. The van der Waals surface area contributed by atoms with E-state index in [0.717, 1.165) is 37.1 Å². The molecule has 5 heteroatoms. The number of hydrogen-bond donors (Lipinski definition) is 2. The minimum atomic E-state index is -0.131. The molecule has 0 bridgehead atoms. The summed E-state index contributed by atoms with van der Waals surface area (Å²) in [7, 11) is 0. The molecule has 1 aliphatic rings. The highest BCUT2D eigenvalue weighted by Crippen LogP contribution is 2.41. The summed E-state index contributed by atoms with van der Waals surface area (Å²) in [6, 6.07) is 19.8. The lowest BCUT2D eigenvalue weighted by molar-refractivity contribution is 0.0980. The van der Waals surface area contributed by atoms with Crippen molar-refractivity contribution in [1.82, 2.24) is 0 Å². The lowest BCUT2D eigenvalue weighted by Gasteiger charge is -2.26. The molecule has 4 nitrogen and oxygen atoms in total. The molecule has 0 saturated heterocycles. The van der Waals surface area contributed by atoms with Crippen molar-refractivity contribution in [2.75, 3.05) is 10.6 Å². The molecule has 4 aromatic carbocycles. The predicted molar refractivity (Wildman–Crippen MR) is 174 cm³/mol. The number of halogens is 1. The van der Waals surface area contributed by atoms with E-state index in [1.54, 1.807) is 12.1 Å². The predicted octanol–water partition coefficient (Wildman–Crippen LogP) is 9.11. The molecule has 0 aromatic heterocycles. The van der Waals surface area contributed by atoms with Crippen LogP contribution in [-0.2, 0) is 25.7 Å². The number of nitrogens with one attached hydrogen (secondary N) is 2. The standard InChI is InChI=1S/C35H35IN2O2/c1-6-21-16-20(5)17-22(7-2)32(21)37-28-14-15-29(38-33-23(8-3)18-25(36)19-24(33)9-4)31-30(28)34(39)26-12-10-11-13-27(26)35(31)40/h10-19,37-38H,6-9H2,1-5H3. The van der Waals surface area contributed by atoms with E-state index < -0.39 is 0 Å². The van der Waals surface area contributed by atoms with E-state index in [-0.39, 0.29) is 11.6 Å². The summed E-state index contributed by atoms with van der Waals surface area (Å²) >= 11 is 2.36. The smallest absolute Gasteiger partial charge is 0.196 e. The van der Waals surface area contributed by atoms with Gasteiger partial charge in [-0.05, 0) is 102 Å². The zero-order chi connectivity index (χ0) is 28.6. The van der Waals surface area contributed by atoms with Crippen LogP contribution in [0.25, 0.3) is 0 Å². The van der Waals surface area contributed by atoms with Crippen molar-refractivity contribution < 1.29 is 9.59 Å². The molecule has 204 valence electrons. The summed E-state index contributed by atoms with van der Waals surface area (Å²) < 4.78 is 1.19. The molecule has 0 amide bonds. The van der Waals surface area contributed by atoms with Gasteiger partial charge >= 0.3 is 0 Å². The number of rotatable bonds is 8. The molecule has 2 N–H and O–H groups in total. The van der Waals surface area contributed by atoms with Gasteiger partial charge in [0.2, 0.25) is 0 Å². The molecule has 4 aromatic rings. The highest BCUT2D eigenvalue weighted by atomic mass is 127. The van der Waals surface area contributed by atoms with Crippen LogP contribution in [0, 0.1) is 10.5 Å². The van der Waals surface area contributed by atoms with Gasteiger partial charge in [-0.15, -0.1) is 0 Å². The van der Waals surface area contributed by atoms with Gasteiger partial charge in [-0.1, -0.05) is 69.7 Å². The summed E-state index contributed by atoms with van der Waals surface area (Å²) in [5, 5.41) is 7.24. The van der Waals surface area contributed by atoms with Gasteiger partial charge in [0, 0.05) is 26.1 Å². The first-order chi connectivity index (χ1) is 19.3. The second kappa shape index (κ2) is 11.6. The van der Waals surface area contributed by atoms with Gasteiger partial charge in [-0.3, -0.25) is 9.59 Å². The van der Waals surface area contributed by atoms with Crippen LogP contribution in [-0.4, -0.2) is 11.6 Å². The molecule has 0 saturated carbocycles. The second-order valence-electron chi connectivity index (χ2n) is 10.3. The first kappa shape index (κ1) is 28.1. The van der Waals surface area contributed by atoms with E-state index in [1.807, 2.05) is 24.3 Å². The molecular formula is C35H35IN2O2. The Kier molecular flexibility index (Phi) is 8.13. The summed E-state index contributed by atoms with van der Waals surface area (Å²) in [6.45, 7) is 10.7. The maximum Gasteiger partial charge on any atom is 0.196 e. The van der Waals surface area contributed by atoms with Gasteiger partial charge < -0.3 is 10.6 Å². The van der Waals surface area contributed by atoms with Gasteiger partial charge in [0.25, 0.3) is 0 Å². The first-order valence-corrected chi connectivity index (χ1v) is 15.2. The Morgan fingerprint density at radius 1 is 0.600 bits per heavy atom. The minimum Gasteiger partial charge on any atom is -0.354 e. The largest absolute Gasteiger partial charge is 0.354 e. The quantitative estimate of drug-likeness (QED) is 0.166. The number of benzene rings is 4. The van der Waals surface area contributed by atoms with E-state index in [1.165, 1.54) is 31.4 Å².